The van der Waals surface area contributed by atoms with Gasteiger partial charge in [0.15, 0.2) is 5.11 Å². The topological polar surface area (TPSA) is 53.8 Å². The quantitative estimate of drug-likeness (QED) is 0.571. The summed E-state index contributed by atoms with van der Waals surface area (Å²) in [4.78, 5) is 9.16. The molecule has 0 saturated carbocycles. The first kappa shape index (κ1) is 21.1. The number of aromatic nitrogens is 1. The standard InChI is InChI=1S/C24H25FN4O2S/c25-18-6-4-17(5-7-18)20-8-9-21(31-20)23-22(19-3-1-2-10-26-19)27-24(32)29(23)12-11-28-13-15-30-16-14-28/h1-10,22-23H,11-16H2,(H,27,32)/t22-,23+/m0/s1. The molecule has 0 unspecified atom stereocenters. The van der Waals surface area contributed by atoms with Gasteiger partial charge in [-0.2, -0.15) is 0 Å². The minimum atomic E-state index is -0.268. The van der Waals surface area contributed by atoms with E-state index in [2.05, 4.69) is 20.1 Å². The number of halogens is 1. The highest BCUT2D eigenvalue weighted by molar-refractivity contribution is 7.80. The molecule has 2 aromatic heterocycles. The third kappa shape index (κ3) is 4.39. The Bertz CT molecular complexity index is 1050. The Balaban J connectivity index is 1.43. The van der Waals surface area contributed by atoms with Gasteiger partial charge in [0.2, 0.25) is 0 Å². The van der Waals surface area contributed by atoms with Gasteiger partial charge in [0.05, 0.1) is 24.9 Å². The maximum atomic E-state index is 13.3. The van der Waals surface area contributed by atoms with Crippen molar-refractivity contribution in [2.45, 2.75) is 12.1 Å². The van der Waals surface area contributed by atoms with Crippen molar-refractivity contribution in [1.82, 2.24) is 20.1 Å². The lowest BCUT2D eigenvalue weighted by atomic mass is 10.0. The fourth-order valence-corrected chi connectivity index (χ4v) is 4.64. The molecule has 0 radical (unpaired) electrons. The second kappa shape index (κ2) is 9.36. The van der Waals surface area contributed by atoms with Crippen LogP contribution < -0.4 is 5.32 Å². The second-order valence-electron chi connectivity index (χ2n) is 7.98. The van der Waals surface area contributed by atoms with Crippen molar-refractivity contribution in [3.8, 4) is 11.3 Å². The first-order valence-corrected chi connectivity index (χ1v) is 11.2. The predicted octanol–water partition coefficient (Wildman–Crippen LogP) is 3.79. The smallest absolute Gasteiger partial charge is 0.170 e. The minimum absolute atomic E-state index is 0.124. The van der Waals surface area contributed by atoms with Crippen molar-refractivity contribution >= 4 is 17.3 Å². The Hall–Kier alpha value is -2.81. The molecular formula is C24H25FN4O2S. The molecule has 6 nitrogen and oxygen atoms in total. The summed E-state index contributed by atoms with van der Waals surface area (Å²) in [6, 6.07) is 15.9. The van der Waals surface area contributed by atoms with Gasteiger partial charge in [0.1, 0.15) is 23.4 Å². The highest BCUT2D eigenvalue weighted by Crippen LogP contribution is 2.40. The summed E-state index contributed by atoms with van der Waals surface area (Å²) in [5, 5.41) is 4.15. The molecule has 2 atom stereocenters. The van der Waals surface area contributed by atoms with Gasteiger partial charge in [-0.05, 0) is 60.7 Å². The van der Waals surface area contributed by atoms with Gasteiger partial charge in [-0.15, -0.1) is 0 Å². The molecule has 5 rings (SSSR count). The van der Waals surface area contributed by atoms with Gasteiger partial charge in [-0.1, -0.05) is 6.07 Å². The molecule has 2 aliphatic rings. The molecule has 0 amide bonds. The maximum Gasteiger partial charge on any atom is 0.170 e. The number of thiocarbonyl (C=S) groups is 1. The van der Waals surface area contributed by atoms with E-state index in [1.54, 1.807) is 18.3 Å². The predicted molar refractivity (Wildman–Crippen MR) is 124 cm³/mol. The van der Waals surface area contributed by atoms with Crippen LogP contribution in [0.15, 0.2) is 65.2 Å². The number of hydrogen-bond acceptors (Lipinski definition) is 5. The van der Waals surface area contributed by atoms with Crippen LogP contribution in [0.1, 0.15) is 23.5 Å². The number of nitrogens with one attached hydrogen (secondary N) is 1. The molecule has 32 heavy (non-hydrogen) atoms. The summed E-state index contributed by atoms with van der Waals surface area (Å²) >= 11 is 5.74. The Morgan fingerprint density at radius 1 is 1.03 bits per heavy atom. The van der Waals surface area contributed by atoms with Crippen LogP contribution in [-0.4, -0.2) is 59.3 Å². The molecule has 4 heterocycles. The summed E-state index contributed by atoms with van der Waals surface area (Å²) < 4.78 is 25.1. The van der Waals surface area contributed by atoms with Crippen LogP contribution in [0, 0.1) is 5.82 Å². The lowest BCUT2D eigenvalue weighted by Gasteiger charge is -2.31. The van der Waals surface area contributed by atoms with Gasteiger partial charge in [-0.25, -0.2) is 4.39 Å². The van der Waals surface area contributed by atoms with Crippen molar-refractivity contribution in [3.63, 3.8) is 0 Å². The molecule has 2 saturated heterocycles. The molecule has 0 spiro atoms. The zero-order chi connectivity index (χ0) is 21.9. The number of benzene rings is 1. The fraction of sp³-hybridized carbons (Fsp3) is 0.333. The van der Waals surface area contributed by atoms with E-state index in [0.29, 0.717) is 10.9 Å². The van der Waals surface area contributed by atoms with Crippen LogP contribution in [0.25, 0.3) is 11.3 Å². The first-order chi connectivity index (χ1) is 15.7. The van der Waals surface area contributed by atoms with Gasteiger partial charge in [0.25, 0.3) is 0 Å². The summed E-state index contributed by atoms with van der Waals surface area (Å²) in [7, 11) is 0. The summed E-state index contributed by atoms with van der Waals surface area (Å²) in [5.74, 6) is 1.23. The van der Waals surface area contributed by atoms with Crippen molar-refractivity contribution in [3.05, 3.63) is 78.1 Å². The number of morpholine rings is 1. The van der Waals surface area contributed by atoms with E-state index < -0.39 is 0 Å². The molecule has 1 aromatic carbocycles. The largest absolute Gasteiger partial charge is 0.459 e. The Morgan fingerprint density at radius 3 is 2.59 bits per heavy atom. The summed E-state index contributed by atoms with van der Waals surface area (Å²) in [6.45, 7) is 5.05. The zero-order valence-electron chi connectivity index (χ0n) is 17.6. The lowest BCUT2D eigenvalue weighted by molar-refractivity contribution is 0.0347. The average Bonchev–Trinajstić information content (AvgIpc) is 3.44. The van der Waals surface area contributed by atoms with Crippen LogP contribution in [-0.2, 0) is 4.74 Å². The number of nitrogens with zero attached hydrogens (tertiary/aromatic N) is 3. The summed E-state index contributed by atoms with van der Waals surface area (Å²) in [6.07, 6.45) is 1.79. The number of rotatable bonds is 6. The molecule has 166 valence electrons. The normalized spacial score (nSPS) is 21.7. The van der Waals surface area contributed by atoms with Crippen molar-refractivity contribution in [2.75, 3.05) is 39.4 Å². The van der Waals surface area contributed by atoms with Crippen molar-refractivity contribution < 1.29 is 13.5 Å². The third-order valence-corrected chi connectivity index (χ3v) is 6.36. The second-order valence-corrected chi connectivity index (χ2v) is 8.37. The Labute approximate surface area is 192 Å². The van der Waals surface area contributed by atoms with Gasteiger partial charge in [-0.3, -0.25) is 9.88 Å². The minimum Gasteiger partial charge on any atom is -0.459 e. The van der Waals surface area contributed by atoms with E-state index in [0.717, 1.165) is 56.4 Å². The van der Waals surface area contributed by atoms with E-state index in [1.807, 2.05) is 30.3 Å². The zero-order valence-corrected chi connectivity index (χ0v) is 18.4. The Morgan fingerprint density at radius 2 is 1.84 bits per heavy atom. The van der Waals surface area contributed by atoms with Crippen molar-refractivity contribution in [1.29, 1.82) is 0 Å². The number of hydrogen-bond donors (Lipinski definition) is 1. The molecule has 2 aliphatic heterocycles. The monoisotopic (exact) mass is 452 g/mol. The highest BCUT2D eigenvalue weighted by atomic mass is 32.1. The average molecular weight is 453 g/mol. The SMILES string of the molecule is Fc1ccc(-c2ccc([C@@H]3[C@H](c4ccccn4)NC(=S)N3CCN3CCOCC3)o2)cc1. The van der Waals surface area contributed by atoms with Crippen LogP contribution in [0.5, 0.6) is 0 Å². The van der Waals surface area contributed by atoms with Gasteiger partial charge in [0, 0.05) is 37.9 Å². The van der Waals surface area contributed by atoms with Crippen molar-refractivity contribution in [2.24, 2.45) is 0 Å². The first-order valence-electron chi connectivity index (χ1n) is 10.8. The van der Waals surface area contributed by atoms with E-state index in [4.69, 9.17) is 21.4 Å². The molecule has 2 fully saturated rings. The van der Waals surface area contributed by atoms with Gasteiger partial charge < -0.3 is 19.4 Å². The Kier molecular flexibility index (Phi) is 6.16. The lowest BCUT2D eigenvalue weighted by Crippen LogP contribution is -2.42. The third-order valence-electron chi connectivity index (χ3n) is 6.01. The van der Waals surface area contributed by atoms with Crippen LogP contribution in [0.2, 0.25) is 0 Å². The van der Waals surface area contributed by atoms with E-state index in [-0.39, 0.29) is 17.9 Å². The van der Waals surface area contributed by atoms with Crippen LogP contribution >= 0.6 is 12.2 Å². The fourth-order valence-electron chi connectivity index (χ4n) is 4.31. The number of pyridine rings is 1. The van der Waals surface area contributed by atoms with E-state index in [1.165, 1.54) is 12.1 Å². The molecule has 3 aromatic rings. The molecular weight excluding hydrogens is 427 g/mol. The number of ether oxygens (including phenoxy) is 1. The molecule has 0 aliphatic carbocycles. The van der Waals surface area contributed by atoms with Crippen LogP contribution in [0.4, 0.5) is 4.39 Å². The maximum absolute atomic E-state index is 13.3. The molecule has 0 bridgehead atoms. The molecule has 8 heteroatoms. The van der Waals surface area contributed by atoms with E-state index >= 15 is 0 Å². The van der Waals surface area contributed by atoms with Crippen LogP contribution in [0.3, 0.4) is 0 Å². The number of furan rings is 1. The van der Waals surface area contributed by atoms with Gasteiger partial charge >= 0.3 is 0 Å². The highest BCUT2D eigenvalue weighted by Gasteiger charge is 2.41. The van der Waals surface area contributed by atoms with E-state index in [9.17, 15) is 4.39 Å². The summed E-state index contributed by atoms with van der Waals surface area (Å²) in [5.41, 5.74) is 1.74. The molecule has 1 N–H and O–H groups in total.